The van der Waals surface area contributed by atoms with Gasteiger partial charge in [-0.15, -0.1) is 0 Å². The summed E-state index contributed by atoms with van der Waals surface area (Å²) in [6, 6.07) is 6.12. The minimum atomic E-state index is -5.42. The molecule has 0 unspecified atom stereocenters. The predicted octanol–water partition coefficient (Wildman–Crippen LogP) is 5.15. The molecule has 0 spiro atoms. The molecule has 25 heavy (non-hydrogen) atoms. The number of rotatable bonds is 3. The second kappa shape index (κ2) is 6.05. The number of nitrogen functional groups attached to an aromatic ring is 2. The number of nitrogens with two attached hydrogens (primary N) is 2. The first-order chi connectivity index (χ1) is 11.3. The Labute approximate surface area is 146 Å². The van der Waals surface area contributed by atoms with E-state index in [1.165, 1.54) is 12.1 Å². The molecule has 0 amide bonds. The molecule has 2 rings (SSSR count). The number of alkyl halides is 6. The highest BCUT2D eigenvalue weighted by Gasteiger charge is 2.71. The van der Waals surface area contributed by atoms with E-state index in [-0.39, 0.29) is 11.4 Å². The van der Waals surface area contributed by atoms with E-state index < -0.39 is 28.1 Å². The molecule has 2 aromatic rings. The number of aryl methyl sites for hydroxylation is 2. The fraction of sp³-hybridized carbons (Fsp3) is 0.294. The molecule has 0 radical (unpaired) electrons. The van der Waals surface area contributed by atoms with Crippen molar-refractivity contribution in [1.82, 2.24) is 0 Å². The molecule has 2 aromatic carbocycles. The van der Waals surface area contributed by atoms with E-state index in [0.29, 0.717) is 11.1 Å². The minimum Gasteiger partial charge on any atom is -0.399 e. The lowest BCUT2D eigenvalue weighted by molar-refractivity contribution is -0.222. The van der Waals surface area contributed by atoms with Crippen molar-refractivity contribution in [2.45, 2.75) is 30.8 Å². The standard InChI is InChI=1S/C17H16ClF5N2/c1-9-3-5-11(7-13(9)24)15(16(18,19)20,17(21,22)23)12-6-4-10(2)14(25)8-12/h3-8H,24-25H2,1-2H3. The molecule has 0 aliphatic carbocycles. The Balaban J connectivity index is 2.96. The van der Waals surface area contributed by atoms with Crippen LogP contribution in [-0.2, 0) is 5.41 Å². The molecule has 0 aliphatic heterocycles. The fourth-order valence-corrected chi connectivity index (χ4v) is 3.05. The number of benzene rings is 2. The number of hydrogen-bond acceptors (Lipinski definition) is 2. The zero-order chi connectivity index (χ0) is 19.2. The Hall–Kier alpha value is -2.02. The van der Waals surface area contributed by atoms with Gasteiger partial charge in [0.2, 0.25) is 0 Å². The van der Waals surface area contributed by atoms with Gasteiger partial charge in [0.1, 0.15) is 0 Å². The summed E-state index contributed by atoms with van der Waals surface area (Å²) >= 11 is 5.06. The van der Waals surface area contributed by atoms with Gasteiger partial charge in [0.15, 0.2) is 5.41 Å². The Morgan fingerprint density at radius 2 is 1.12 bits per heavy atom. The third-order valence-electron chi connectivity index (χ3n) is 4.27. The molecule has 0 saturated heterocycles. The van der Waals surface area contributed by atoms with Crippen LogP contribution >= 0.6 is 11.6 Å². The molecule has 136 valence electrons. The summed E-state index contributed by atoms with van der Waals surface area (Å²) in [5.41, 5.74) is 6.82. The molecular weight excluding hydrogens is 363 g/mol. The summed E-state index contributed by atoms with van der Waals surface area (Å²) in [4.78, 5) is 0. The van der Waals surface area contributed by atoms with Crippen molar-refractivity contribution in [2.24, 2.45) is 0 Å². The van der Waals surface area contributed by atoms with Crippen LogP contribution in [0, 0.1) is 13.8 Å². The summed E-state index contributed by atoms with van der Waals surface area (Å²) in [6.07, 6.45) is -5.42. The molecule has 0 aliphatic rings. The van der Waals surface area contributed by atoms with E-state index >= 15 is 0 Å². The van der Waals surface area contributed by atoms with Crippen LogP contribution in [0.3, 0.4) is 0 Å². The normalized spacial score (nSPS) is 13.1. The van der Waals surface area contributed by atoms with Crippen LogP contribution < -0.4 is 11.5 Å². The number of hydrogen-bond donors (Lipinski definition) is 2. The Morgan fingerprint density at radius 1 is 0.760 bits per heavy atom. The second-order valence-corrected chi connectivity index (χ2v) is 6.36. The quantitative estimate of drug-likeness (QED) is 0.441. The first kappa shape index (κ1) is 19.3. The van der Waals surface area contributed by atoms with Gasteiger partial charge in [-0.25, -0.2) is 0 Å². The van der Waals surface area contributed by atoms with Crippen molar-refractivity contribution in [1.29, 1.82) is 0 Å². The maximum atomic E-state index is 14.3. The SMILES string of the molecule is Cc1ccc(C(c2ccc(C)c(N)c2)(C(F)(F)F)C(F)(F)Cl)cc1N. The van der Waals surface area contributed by atoms with E-state index in [1.807, 2.05) is 0 Å². The monoisotopic (exact) mass is 378 g/mol. The number of anilines is 2. The van der Waals surface area contributed by atoms with Gasteiger partial charge in [0.25, 0.3) is 0 Å². The first-order valence-corrected chi connectivity index (χ1v) is 7.57. The van der Waals surface area contributed by atoms with Crippen molar-refractivity contribution in [3.05, 3.63) is 58.7 Å². The summed E-state index contributed by atoms with van der Waals surface area (Å²) < 4.78 is 70.9. The van der Waals surface area contributed by atoms with Crippen molar-refractivity contribution in [3.8, 4) is 0 Å². The zero-order valence-electron chi connectivity index (χ0n) is 13.4. The first-order valence-electron chi connectivity index (χ1n) is 7.19. The van der Waals surface area contributed by atoms with Crippen molar-refractivity contribution in [2.75, 3.05) is 11.5 Å². The Bertz CT molecular complexity index is 729. The van der Waals surface area contributed by atoms with Crippen molar-refractivity contribution in [3.63, 3.8) is 0 Å². The van der Waals surface area contributed by atoms with Crippen LogP contribution in [0.15, 0.2) is 36.4 Å². The van der Waals surface area contributed by atoms with Gasteiger partial charge in [-0.2, -0.15) is 22.0 Å². The zero-order valence-corrected chi connectivity index (χ0v) is 14.1. The van der Waals surface area contributed by atoms with Gasteiger partial charge < -0.3 is 11.5 Å². The van der Waals surface area contributed by atoms with E-state index in [9.17, 15) is 22.0 Å². The predicted molar refractivity (Wildman–Crippen MR) is 88.8 cm³/mol. The van der Waals surface area contributed by atoms with Gasteiger partial charge in [0.05, 0.1) is 0 Å². The maximum Gasteiger partial charge on any atom is 0.409 e. The summed E-state index contributed by atoms with van der Waals surface area (Å²) in [5, 5.41) is -4.69. The molecule has 0 atom stereocenters. The molecule has 0 bridgehead atoms. The van der Waals surface area contributed by atoms with E-state index in [0.717, 1.165) is 24.3 Å². The molecule has 4 N–H and O–H groups in total. The fourth-order valence-electron chi connectivity index (χ4n) is 2.73. The van der Waals surface area contributed by atoms with Crippen LogP contribution in [0.2, 0.25) is 0 Å². The third kappa shape index (κ3) is 3.01. The van der Waals surface area contributed by atoms with Gasteiger partial charge in [-0.05, 0) is 59.8 Å². The number of halogens is 6. The average molecular weight is 379 g/mol. The van der Waals surface area contributed by atoms with Gasteiger partial charge in [-0.3, -0.25) is 0 Å². The molecular formula is C17H16ClF5N2. The summed E-state index contributed by atoms with van der Waals surface area (Å²) in [5.74, 6) is 0. The van der Waals surface area contributed by atoms with Crippen LogP contribution in [0.25, 0.3) is 0 Å². The van der Waals surface area contributed by atoms with Crippen LogP contribution in [0.1, 0.15) is 22.3 Å². The molecule has 0 aromatic heterocycles. The van der Waals surface area contributed by atoms with Crippen molar-refractivity contribution < 1.29 is 22.0 Å². The molecule has 0 heterocycles. The van der Waals surface area contributed by atoms with Gasteiger partial charge in [0, 0.05) is 11.4 Å². The van der Waals surface area contributed by atoms with Crippen LogP contribution in [0.4, 0.5) is 33.3 Å². The lowest BCUT2D eigenvalue weighted by atomic mass is 9.73. The minimum absolute atomic E-state index is 0.0490. The van der Waals surface area contributed by atoms with Crippen LogP contribution in [0.5, 0.6) is 0 Å². The highest BCUT2D eigenvalue weighted by Crippen LogP contribution is 2.57. The average Bonchev–Trinajstić information content (AvgIpc) is 2.44. The maximum absolute atomic E-state index is 14.3. The molecule has 8 heteroatoms. The highest BCUT2D eigenvalue weighted by atomic mass is 35.5. The summed E-state index contributed by atoms with van der Waals surface area (Å²) in [7, 11) is 0. The lowest BCUT2D eigenvalue weighted by Crippen LogP contribution is -2.54. The smallest absolute Gasteiger partial charge is 0.399 e. The van der Waals surface area contributed by atoms with E-state index in [4.69, 9.17) is 23.1 Å². The lowest BCUT2D eigenvalue weighted by Gasteiger charge is -2.40. The second-order valence-electron chi connectivity index (χ2n) is 5.89. The molecule has 0 fully saturated rings. The molecule has 2 nitrogen and oxygen atoms in total. The third-order valence-corrected chi connectivity index (χ3v) is 4.56. The van der Waals surface area contributed by atoms with Gasteiger partial charge in [-0.1, -0.05) is 24.3 Å². The van der Waals surface area contributed by atoms with E-state index in [2.05, 4.69) is 0 Å². The van der Waals surface area contributed by atoms with E-state index in [1.54, 1.807) is 13.8 Å². The van der Waals surface area contributed by atoms with Gasteiger partial charge >= 0.3 is 11.6 Å². The highest BCUT2D eigenvalue weighted by molar-refractivity contribution is 6.23. The summed E-state index contributed by atoms with van der Waals surface area (Å²) in [6.45, 7) is 3.11. The topological polar surface area (TPSA) is 52.0 Å². The Morgan fingerprint density at radius 3 is 1.36 bits per heavy atom. The van der Waals surface area contributed by atoms with Crippen molar-refractivity contribution >= 4 is 23.0 Å². The Kier molecular flexibility index (Phi) is 4.67. The molecule has 0 saturated carbocycles. The van der Waals surface area contributed by atoms with Crippen LogP contribution in [-0.4, -0.2) is 11.6 Å². The largest absolute Gasteiger partial charge is 0.409 e.